The molecule has 3 aromatic rings. The SMILES string of the molecule is COc1cc(/C=C2/SC(=S)N(NC(=O)c3cccs3)C2=O)ccc1Oc1ccc([N+](=O)[O-])cc1[N+](=O)[O-]. The molecular weight excluding hydrogens is 544 g/mol. The molecule has 37 heavy (non-hydrogen) atoms. The second kappa shape index (κ2) is 10.7. The summed E-state index contributed by atoms with van der Waals surface area (Å²) in [4.78, 5) is 46.6. The zero-order valence-corrected chi connectivity index (χ0v) is 21.1. The number of carbonyl (C=O) groups is 2. The lowest BCUT2D eigenvalue weighted by atomic mass is 10.2. The molecule has 2 heterocycles. The van der Waals surface area contributed by atoms with E-state index in [1.807, 2.05) is 0 Å². The van der Waals surface area contributed by atoms with E-state index in [-0.39, 0.29) is 26.5 Å². The van der Waals surface area contributed by atoms with Crippen LogP contribution in [0, 0.1) is 20.2 Å². The fraction of sp³-hybridized carbons (Fsp3) is 0.0455. The molecule has 0 atom stereocenters. The van der Waals surface area contributed by atoms with E-state index in [0.717, 1.165) is 35.0 Å². The highest BCUT2D eigenvalue weighted by atomic mass is 32.2. The van der Waals surface area contributed by atoms with Crippen molar-refractivity contribution in [3.05, 3.63) is 89.5 Å². The molecule has 188 valence electrons. The highest BCUT2D eigenvalue weighted by molar-refractivity contribution is 8.26. The molecule has 1 aromatic heterocycles. The molecule has 1 aliphatic heterocycles. The molecule has 0 bridgehead atoms. The van der Waals surface area contributed by atoms with E-state index in [1.54, 1.807) is 23.6 Å². The fourth-order valence-corrected chi connectivity index (χ4v) is 4.90. The van der Waals surface area contributed by atoms with Gasteiger partial charge in [-0.1, -0.05) is 23.9 Å². The third kappa shape index (κ3) is 5.58. The van der Waals surface area contributed by atoms with E-state index >= 15 is 0 Å². The highest BCUT2D eigenvalue weighted by Crippen LogP contribution is 2.39. The molecule has 1 N–H and O–H groups in total. The second-order valence-corrected chi connectivity index (χ2v) is 9.74. The third-order valence-corrected chi connectivity index (χ3v) is 6.98. The Kier molecular flexibility index (Phi) is 7.47. The average Bonchev–Trinajstić information content (AvgIpc) is 3.50. The molecule has 12 nitrogen and oxygen atoms in total. The maximum absolute atomic E-state index is 12.8. The maximum Gasteiger partial charge on any atom is 0.318 e. The van der Waals surface area contributed by atoms with Gasteiger partial charge in [0.05, 0.1) is 32.8 Å². The summed E-state index contributed by atoms with van der Waals surface area (Å²) in [5, 5.41) is 25.1. The Morgan fingerprint density at radius 1 is 1.08 bits per heavy atom. The Morgan fingerprint density at radius 2 is 1.84 bits per heavy atom. The van der Waals surface area contributed by atoms with Crippen LogP contribution in [-0.2, 0) is 4.79 Å². The number of carbonyl (C=O) groups excluding carboxylic acids is 2. The van der Waals surface area contributed by atoms with Crippen molar-refractivity contribution in [3.8, 4) is 17.2 Å². The number of nitrogens with one attached hydrogen (secondary N) is 1. The number of thiocarbonyl (C=S) groups is 1. The summed E-state index contributed by atoms with van der Waals surface area (Å²) < 4.78 is 11.1. The lowest BCUT2D eigenvalue weighted by Gasteiger charge is -2.14. The third-order valence-electron chi connectivity index (χ3n) is 4.81. The molecule has 15 heteroatoms. The van der Waals surface area contributed by atoms with Crippen LogP contribution in [0.5, 0.6) is 17.2 Å². The summed E-state index contributed by atoms with van der Waals surface area (Å²) in [6.07, 6.45) is 1.54. The van der Waals surface area contributed by atoms with E-state index in [0.29, 0.717) is 10.4 Å². The zero-order chi connectivity index (χ0) is 26.7. The zero-order valence-electron chi connectivity index (χ0n) is 18.6. The van der Waals surface area contributed by atoms with Gasteiger partial charge in [0.15, 0.2) is 15.8 Å². The predicted molar refractivity (Wildman–Crippen MR) is 140 cm³/mol. The fourth-order valence-electron chi connectivity index (χ4n) is 3.10. The van der Waals surface area contributed by atoms with Crippen molar-refractivity contribution in [1.29, 1.82) is 0 Å². The number of hydrogen-bond donors (Lipinski definition) is 1. The second-order valence-electron chi connectivity index (χ2n) is 7.11. The molecule has 1 saturated heterocycles. The first-order valence-corrected chi connectivity index (χ1v) is 12.2. The lowest BCUT2D eigenvalue weighted by Crippen LogP contribution is -2.44. The minimum absolute atomic E-state index is 0.104. The molecule has 4 rings (SSSR count). The van der Waals surface area contributed by atoms with Gasteiger partial charge in [-0.05, 0) is 53.5 Å². The Labute approximate surface area is 221 Å². The number of rotatable bonds is 8. The Morgan fingerprint density at radius 3 is 2.49 bits per heavy atom. The first kappa shape index (κ1) is 25.7. The topological polar surface area (TPSA) is 154 Å². The van der Waals surface area contributed by atoms with E-state index in [1.165, 1.54) is 36.7 Å². The van der Waals surface area contributed by atoms with Crippen LogP contribution < -0.4 is 14.9 Å². The quantitative estimate of drug-likeness (QED) is 0.174. The number of amides is 2. The van der Waals surface area contributed by atoms with Crippen LogP contribution in [0.3, 0.4) is 0 Å². The smallest absolute Gasteiger partial charge is 0.318 e. The molecule has 2 aromatic carbocycles. The first-order valence-electron chi connectivity index (χ1n) is 10.1. The van der Waals surface area contributed by atoms with E-state index in [4.69, 9.17) is 21.7 Å². The van der Waals surface area contributed by atoms with Crippen molar-refractivity contribution in [3.63, 3.8) is 0 Å². The van der Waals surface area contributed by atoms with Gasteiger partial charge in [0.2, 0.25) is 5.75 Å². The van der Waals surface area contributed by atoms with Crippen molar-refractivity contribution >= 4 is 68.9 Å². The Hall–Kier alpha value is -4.34. The largest absolute Gasteiger partial charge is 0.493 e. The van der Waals surface area contributed by atoms with Gasteiger partial charge in [-0.2, -0.15) is 5.01 Å². The van der Waals surface area contributed by atoms with Gasteiger partial charge < -0.3 is 9.47 Å². The van der Waals surface area contributed by atoms with Gasteiger partial charge in [0.1, 0.15) is 0 Å². The summed E-state index contributed by atoms with van der Waals surface area (Å²) in [7, 11) is 1.36. The highest BCUT2D eigenvalue weighted by Gasteiger charge is 2.34. The molecule has 0 saturated carbocycles. The Bertz CT molecular complexity index is 1470. The van der Waals surface area contributed by atoms with E-state index < -0.39 is 33.0 Å². The molecule has 0 aliphatic carbocycles. The van der Waals surface area contributed by atoms with Gasteiger partial charge >= 0.3 is 5.69 Å². The first-order chi connectivity index (χ1) is 17.7. The van der Waals surface area contributed by atoms with Crippen molar-refractivity contribution in [2.24, 2.45) is 0 Å². The molecule has 2 amide bonds. The number of hydrazine groups is 1. The van der Waals surface area contributed by atoms with Crippen LogP contribution in [-0.4, -0.2) is 38.1 Å². The molecule has 1 aliphatic rings. The number of non-ortho nitro benzene ring substituents is 1. The van der Waals surface area contributed by atoms with Crippen LogP contribution in [0.1, 0.15) is 15.2 Å². The number of nitro groups is 2. The van der Waals surface area contributed by atoms with Gasteiger partial charge in [-0.15, -0.1) is 11.3 Å². The van der Waals surface area contributed by atoms with Crippen LogP contribution in [0.2, 0.25) is 0 Å². The number of thioether (sulfide) groups is 1. The predicted octanol–water partition coefficient (Wildman–Crippen LogP) is 4.91. The van der Waals surface area contributed by atoms with Crippen LogP contribution in [0.25, 0.3) is 6.08 Å². The van der Waals surface area contributed by atoms with Gasteiger partial charge in [-0.25, -0.2) is 0 Å². The molecule has 0 unspecified atom stereocenters. The van der Waals surface area contributed by atoms with Crippen LogP contribution in [0.15, 0.2) is 58.8 Å². The number of hydrogen-bond acceptors (Lipinski definition) is 11. The van der Waals surface area contributed by atoms with Crippen LogP contribution >= 0.6 is 35.3 Å². The van der Waals surface area contributed by atoms with Gasteiger partial charge in [-0.3, -0.25) is 35.2 Å². The molecule has 0 radical (unpaired) electrons. The average molecular weight is 559 g/mol. The number of thiophene rings is 1. The summed E-state index contributed by atoms with van der Waals surface area (Å²) in [5.41, 5.74) is 1.97. The number of nitrogens with zero attached hydrogens (tertiary/aromatic N) is 3. The maximum atomic E-state index is 12.8. The minimum atomic E-state index is -0.789. The van der Waals surface area contributed by atoms with Crippen molar-refractivity contribution < 1.29 is 28.9 Å². The van der Waals surface area contributed by atoms with E-state index in [2.05, 4.69) is 5.43 Å². The van der Waals surface area contributed by atoms with Gasteiger partial charge in [0.25, 0.3) is 17.5 Å². The van der Waals surface area contributed by atoms with Crippen molar-refractivity contribution in [2.45, 2.75) is 0 Å². The summed E-state index contributed by atoms with van der Waals surface area (Å²) >= 11 is 7.46. The molecular formula is C22H14N4O8S3. The monoisotopic (exact) mass is 558 g/mol. The molecule has 0 spiro atoms. The number of benzene rings is 2. The summed E-state index contributed by atoms with van der Waals surface area (Å²) in [6, 6.07) is 10.9. The van der Waals surface area contributed by atoms with Crippen molar-refractivity contribution in [1.82, 2.24) is 10.4 Å². The normalized spacial score (nSPS) is 14.1. The minimum Gasteiger partial charge on any atom is -0.493 e. The summed E-state index contributed by atoms with van der Waals surface area (Å²) in [6.45, 7) is 0. The summed E-state index contributed by atoms with van der Waals surface area (Å²) in [5.74, 6) is -0.906. The number of nitro benzene ring substituents is 2. The number of methoxy groups -OCH3 is 1. The van der Waals surface area contributed by atoms with Crippen molar-refractivity contribution in [2.75, 3.05) is 7.11 Å². The van der Waals surface area contributed by atoms with Gasteiger partial charge in [0, 0.05) is 6.07 Å². The molecule has 1 fully saturated rings. The Balaban J connectivity index is 1.56. The number of ether oxygens (including phenoxy) is 2. The van der Waals surface area contributed by atoms with Crippen LogP contribution in [0.4, 0.5) is 11.4 Å². The standard InChI is InChI=1S/C22H14N4O8S3/c1-33-17-9-12(4-6-16(17)34-15-7-5-13(25(29)30)11-14(15)26(31)32)10-19-21(28)24(22(35)37-19)23-20(27)18-3-2-8-36-18/h2-11H,1H3,(H,23,27)/b19-10+. The van der Waals surface area contributed by atoms with E-state index in [9.17, 15) is 29.8 Å². The lowest BCUT2D eigenvalue weighted by molar-refractivity contribution is -0.394.